The fraction of sp³-hybridized carbons (Fsp3) is 0.0714. The van der Waals surface area contributed by atoms with Gasteiger partial charge in [0.15, 0.2) is 11.6 Å². The Labute approximate surface area is 121 Å². The van der Waals surface area contributed by atoms with Gasteiger partial charge in [0, 0.05) is 23.0 Å². The zero-order valence-corrected chi connectivity index (χ0v) is 11.7. The fourth-order valence-corrected chi connectivity index (χ4v) is 1.93. The van der Waals surface area contributed by atoms with Crippen molar-refractivity contribution < 1.29 is 18.0 Å². The highest BCUT2D eigenvalue weighted by Gasteiger charge is 2.13. The van der Waals surface area contributed by atoms with Crippen LogP contribution in [0.3, 0.4) is 0 Å². The van der Waals surface area contributed by atoms with Gasteiger partial charge in [-0.15, -0.1) is 0 Å². The van der Waals surface area contributed by atoms with Gasteiger partial charge in [-0.2, -0.15) is 0 Å². The summed E-state index contributed by atoms with van der Waals surface area (Å²) in [4.78, 5) is 11.9. The van der Waals surface area contributed by atoms with Crippen LogP contribution in [0.5, 0.6) is 0 Å². The second kappa shape index (κ2) is 6.09. The number of anilines is 1. The normalized spacial score (nSPS) is 10.4. The lowest BCUT2D eigenvalue weighted by molar-refractivity contribution is 0.102. The fourth-order valence-electron chi connectivity index (χ4n) is 1.56. The minimum atomic E-state index is -1.30. The first kappa shape index (κ1) is 14.6. The molecule has 0 heterocycles. The van der Waals surface area contributed by atoms with Gasteiger partial charge < -0.3 is 5.32 Å². The molecule has 2 aromatic rings. The van der Waals surface area contributed by atoms with Crippen molar-refractivity contribution in [1.82, 2.24) is 0 Å². The largest absolute Gasteiger partial charge is 0.319 e. The van der Waals surface area contributed by atoms with E-state index in [1.807, 2.05) is 0 Å². The van der Waals surface area contributed by atoms with Crippen LogP contribution in [0.25, 0.3) is 0 Å². The Morgan fingerprint density at radius 3 is 2.20 bits per heavy atom. The third kappa shape index (κ3) is 3.19. The van der Waals surface area contributed by atoms with Gasteiger partial charge >= 0.3 is 0 Å². The minimum Gasteiger partial charge on any atom is -0.319 e. The number of amides is 1. The molecule has 0 unspecified atom stereocenters. The molecule has 0 bridgehead atoms. The van der Waals surface area contributed by atoms with Crippen molar-refractivity contribution in [3.8, 4) is 0 Å². The average molecular weight is 344 g/mol. The van der Waals surface area contributed by atoms with Crippen molar-refractivity contribution in [2.24, 2.45) is 0 Å². The number of nitrogens with one attached hydrogen (secondary N) is 1. The molecule has 0 atom stereocenters. The number of benzene rings is 2. The summed E-state index contributed by atoms with van der Waals surface area (Å²) in [6, 6.07) is 7.57. The zero-order chi connectivity index (χ0) is 14.7. The molecule has 0 radical (unpaired) electrons. The third-order valence-electron chi connectivity index (χ3n) is 2.63. The van der Waals surface area contributed by atoms with Crippen molar-refractivity contribution in [2.75, 3.05) is 5.32 Å². The Morgan fingerprint density at radius 1 is 1.00 bits per heavy atom. The molecule has 2 rings (SSSR count). The van der Waals surface area contributed by atoms with Crippen LogP contribution in [0.1, 0.15) is 15.9 Å². The molecule has 0 fully saturated rings. The van der Waals surface area contributed by atoms with Crippen molar-refractivity contribution in [2.45, 2.75) is 5.33 Å². The van der Waals surface area contributed by atoms with E-state index >= 15 is 0 Å². The third-order valence-corrected chi connectivity index (χ3v) is 3.28. The Bertz CT molecular complexity index is 644. The number of carbonyl (C=O) groups excluding carboxylic acids is 1. The van der Waals surface area contributed by atoms with Crippen LogP contribution < -0.4 is 5.32 Å². The van der Waals surface area contributed by atoms with Gasteiger partial charge in [-0.1, -0.05) is 28.1 Å². The molecular weight excluding hydrogens is 335 g/mol. The van der Waals surface area contributed by atoms with E-state index in [1.54, 1.807) is 24.3 Å². The smallest absolute Gasteiger partial charge is 0.255 e. The van der Waals surface area contributed by atoms with Crippen LogP contribution in [0, 0.1) is 17.5 Å². The summed E-state index contributed by atoms with van der Waals surface area (Å²) >= 11 is 3.27. The van der Waals surface area contributed by atoms with Crippen molar-refractivity contribution in [3.05, 3.63) is 65.0 Å². The number of hydrogen-bond acceptors (Lipinski definition) is 1. The van der Waals surface area contributed by atoms with Gasteiger partial charge in [0.05, 0.1) is 5.69 Å². The molecule has 1 amide bonds. The Hall–Kier alpha value is -1.82. The van der Waals surface area contributed by atoms with E-state index in [9.17, 15) is 18.0 Å². The molecule has 20 heavy (non-hydrogen) atoms. The number of halogens is 4. The van der Waals surface area contributed by atoms with E-state index in [4.69, 9.17) is 0 Å². The second-order valence-corrected chi connectivity index (χ2v) is 4.59. The Balaban J connectivity index is 2.20. The van der Waals surface area contributed by atoms with E-state index in [-0.39, 0.29) is 0 Å². The topological polar surface area (TPSA) is 29.1 Å². The van der Waals surface area contributed by atoms with Crippen molar-refractivity contribution in [3.63, 3.8) is 0 Å². The van der Waals surface area contributed by atoms with Crippen molar-refractivity contribution >= 4 is 27.5 Å². The SMILES string of the molecule is O=C(Nc1cc(F)c(F)cc1F)c1ccc(CBr)cc1. The van der Waals surface area contributed by atoms with Crippen molar-refractivity contribution in [1.29, 1.82) is 0 Å². The van der Waals surface area contributed by atoms with Gasteiger partial charge in [0.25, 0.3) is 5.91 Å². The predicted molar refractivity (Wildman–Crippen MR) is 73.3 cm³/mol. The summed E-state index contributed by atoms with van der Waals surface area (Å²) in [5.41, 5.74) is 0.859. The lowest BCUT2D eigenvalue weighted by Gasteiger charge is -2.07. The quantitative estimate of drug-likeness (QED) is 0.655. The van der Waals surface area contributed by atoms with Gasteiger partial charge in [-0.3, -0.25) is 4.79 Å². The Kier molecular flexibility index (Phi) is 4.44. The summed E-state index contributed by atoms with van der Waals surface area (Å²) < 4.78 is 39.2. The van der Waals surface area contributed by atoms with E-state index < -0.39 is 29.0 Å². The summed E-state index contributed by atoms with van der Waals surface area (Å²) in [7, 11) is 0. The van der Waals surface area contributed by atoms with Gasteiger partial charge in [0.2, 0.25) is 0 Å². The first-order valence-electron chi connectivity index (χ1n) is 5.62. The number of hydrogen-bond donors (Lipinski definition) is 1. The molecule has 0 saturated carbocycles. The standard InChI is InChI=1S/C14H9BrF3NO/c15-7-8-1-3-9(4-2-8)14(20)19-13-6-11(17)10(16)5-12(13)18/h1-6H,7H2,(H,19,20). The van der Waals surface area contributed by atoms with Gasteiger partial charge in [0.1, 0.15) is 5.82 Å². The first-order chi connectivity index (χ1) is 9.51. The van der Waals surface area contributed by atoms with Crippen LogP contribution in [-0.2, 0) is 5.33 Å². The highest BCUT2D eigenvalue weighted by molar-refractivity contribution is 9.08. The molecule has 0 aliphatic carbocycles. The number of rotatable bonds is 3. The molecule has 0 saturated heterocycles. The molecule has 0 aliphatic heterocycles. The molecule has 2 aromatic carbocycles. The maximum atomic E-state index is 13.4. The number of carbonyl (C=O) groups is 1. The summed E-state index contributed by atoms with van der Waals surface area (Å²) in [5.74, 6) is -4.16. The minimum absolute atomic E-state index is 0.291. The number of alkyl halides is 1. The molecular formula is C14H9BrF3NO. The monoisotopic (exact) mass is 343 g/mol. The Morgan fingerprint density at radius 2 is 1.60 bits per heavy atom. The van der Waals surface area contributed by atoms with Crippen LogP contribution in [0.15, 0.2) is 36.4 Å². The first-order valence-corrected chi connectivity index (χ1v) is 6.74. The van der Waals surface area contributed by atoms with Gasteiger partial charge in [-0.05, 0) is 17.7 Å². The van der Waals surface area contributed by atoms with E-state index in [1.165, 1.54) is 0 Å². The van der Waals surface area contributed by atoms with Crippen LogP contribution in [0.2, 0.25) is 0 Å². The lowest BCUT2D eigenvalue weighted by Crippen LogP contribution is -2.13. The average Bonchev–Trinajstić information content (AvgIpc) is 2.44. The molecule has 0 aromatic heterocycles. The van der Waals surface area contributed by atoms with Crippen LogP contribution in [-0.4, -0.2) is 5.91 Å². The lowest BCUT2D eigenvalue weighted by atomic mass is 10.1. The highest BCUT2D eigenvalue weighted by Crippen LogP contribution is 2.19. The van der Waals surface area contributed by atoms with E-state index in [0.29, 0.717) is 23.0 Å². The summed E-state index contributed by atoms with van der Waals surface area (Å²) in [5, 5.41) is 2.85. The zero-order valence-electron chi connectivity index (χ0n) is 10.1. The molecule has 2 nitrogen and oxygen atoms in total. The maximum Gasteiger partial charge on any atom is 0.255 e. The van der Waals surface area contributed by atoms with Crippen LogP contribution in [0.4, 0.5) is 18.9 Å². The van der Waals surface area contributed by atoms with Crippen LogP contribution >= 0.6 is 15.9 Å². The summed E-state index contributed by atoms with van der Waals surface area (Å²) in [6.45, 7) is 0. The van der Waals surface area contributed by atoms with Gasteiger partial charge in [-0.25, -0.2) is 13.2 Å². The summed E-state index contributed by atoms with van der Waals surface area (Å²) in [6.07, 6.45) is 0. The maximum absolute atomic E-state index is 13.4. The molecule has 104 valence electrons. The predicted octanol–water partition coefficient (Wildman–Crippen LogP) is 4.25. The highest BCUT2D eigenvalue weighted by atomic mass is 79.9. The second-order valence-electron chi connectivity index (χ2n) is 4.03. The van der Waals surface area contributed by atoms with E-state index in [0.717, 1.165) is 5.56 Å². The molecule has 6 heteroatoms. The molecule has 1 N–H and O–H groups in total. The molecule has 0 aliphatic rings. The molecule has 0 spiro atoms. The van der Waals surface area contributed by atoms with E-state index in [2.05, 4.69) is 21.2 Å².